The number of primary amides is 1. The molecule has 184 valence electrons. The molecule has 0 aliphatic heterocycles. The molecule has 0 fully saturated rings. The van der Waals surface area contributed by atoms with Crippen LogP contribution in [0.25, 0.3) is 33.8 Å². The van der Waals surface area contributed by atoms with Crippen molar-refractivity contribution in [3.8, 4) is 11.1 Å². The van der Waals surface area contributed by atoms with Crippen molar-refractivity contribution in [2.75, 3.05) is 4.72 Å². The third-order valence-electron chi connectivity index (χ3n) is 5.90. The lowest BCUT2D eigenvalue weighted by Crippen LogP contribution is -2.15. The smallest absolute Gasteiger partial charge is 0.249 e. The average Bonchev–Trinajstić information content (AvgIpc) is 3.30. The molecule has 0 radical (unpaired) electrons. The normalized spacial score (nSPS) is 11.9. The Morgan fingerprint density at radius 3 is 2.24 bits per heavy atom. The molecule has 37 heavy (non-hydrogen) atoms. The van der Waals surface area contributed by atoms with E-state index in [0.29, 0.717) is 39.0 Å². The number of hydrogen-bond acceptors (Lipinski definition) is 4. The van der Waals surface area contributed by atoms with E-state index in [1.807, 2.05) is 72.8 Å². The van der Waals surface area contributed by atoms with Crippen LogP contribution in [0.15, 0.2) is 103 Å². The topological polar surface area (TPSA) is 118 Å². The van der Waals surface area contributed by atoms with Crippen molar-refractivity contribution in [1.82, 2.24) is 9.97 Å². The molecule has 0 saturated carbocycles. The van der Waals surface area contributed by atoms with Gasteiger partial charge in [0.25, 0.3) is 0 Å². The molecule has 0 bridgehead atoms. The first-order valence-corrected chi connectivity index (χ1v) is 13.2. The fourth-order valence-electron chi connectivity index (χ4n) is 4.13. The van der Waals surface area contributed by atoms with E-state index in [2.05, 4.69) is 14.7 Å². The van der Waals surface area contributed by atoms with Crippen molar-refractivity contribution in [2.24, 2.45) is 5.73 Å². The number of nitrogens with zero attached hydrogens (tertiary/aromatic N) is 1. The molecule has 0 atom stereocenters. The minimum Gasteiger partial charge on any atom is -0.366 e. The summed E-state index contributed by atoms with van der Waals surface area (Å²) in [4.78, 5) is 19.5. The molecule has 7 nitrogen and oxygen atoms in total. The molecule has 5 aromatic rings. The average molecular weight is 509 g/mol. The van der Waals surface area contributed by atoms with E-state index in [1.54, 1.807) is 30.5 Å². The zero-order valence-corrected chi connectivity index (χ0v) is 20.6. The van der Waals surface area contributed by atoms with Gasteiger partial charge in [0.1, 0.15) is 5.65 Å². The number of pyridine rings is 1. The second-order valence-electron chi connectivity index (χ2n) is 8.58. The summed E-state index contributed by atoms with van der Waals surface area (Å²) in [6.45, 7) is 0. The number of aromatic nitrogens is 2. The number of nitrogens with one attached hydrogen (secondary N) is 2. The number of carbonyl (C=O) groups excluding carboxylic acids is 1. The lowest BCUT2D eigenvalue weighted by molar-refractivity contribution is -0.112. The molecule has 1 amide bonds. The fraction of sp³-hybridized carbons (Fsp3) is 0.0345. The van der Waals surface area contributed by atoms with Gasteiger partial charge in [0.05, 0.1) is 17.6 Å². The van der Waals surface area contributed by atoms with E-state index < -0.39 is 15.9 Å². The first-order valence-electron chi connectivity index (χ1n) is 11.6. The highest BCUT2D eigenvalue weighted by Gasteiger charge is 2.15. The molecule has 3 aromatic carbocycles. The summed E-state index contributed by atoms with van der Waals surface area (Å²) in [7, 11) is -3.70. The summed E-state index contributed by atoms with van der Waals surface area (Å²) in [5.74, 6) is -0.747. The van der Waals surface area contributed by atoms with Crippen LogP contribution in [-0.2, 0) is 20.6 Å². The predicted octanol–water partition coefficient (Wildman–Crippen LogP) is 5.20. The van der Waals surface area contributed by atoms with E-state index in [4.69, 9.17) is 5.73 Å². The number of sulfonamides is 1. The number of rotatable bonds is 8. The molecule has 0 unspecified atom stereocenters. The van der Waals surface area contributed by atoms with Gasteiger partial charge < -0.3 is 10.7 Å². The van der Waals surface area contributed by atoms with Crippen LogP contribution in [0.2, 0.25) is 0 Å². The Bertz CT molecular complexity index is 1690. The number of fused-ring (bicyclic) bond motifs is 1. The van der Waals surface area contributed by atoms with Crippen molar-refractivity contribution in [3.05, 3.63) is 120 Å². The summed E-state index contributed by atoms with van der Waals surface area (Å²) < 4.78 is 28.4. The Balaban J connectivity index is 1.38. The van der Waals surface area contributed by atoms with Crippen molar-refractivity contribution in [1.29, 1.82) is 0 Å². The highest BCUT2D eigenvalue weighted by molar-refractivity contribution is 7.91. The summed E-state index contributed by atoms with van der Waals surface area (Å²) in [5.41, 5.74) is 11.0. The lowest BCUT2D eigenvalue weighted by Gasteiger charge is -2.09. The van der Waals surface area contributed by atoms with Crippen molar-refractivity contribution < 1.29 is 13.2 Å². The molecule has 0 spiro atoms. The number of hydrogen-bond donors (Lipinski definition) is 3. The number of H-pyrrole nitrogens is 1. The van der Waals surface area contributed by atoms with Crippen LogP contribution in [0, 0.1) is 0 Å². The molecule has 2 heterocycles. The summed E-state index contributed by atoms with van der Waals surface area (Å²) >= 11 is 0. The van der Waals surface area contributed by atoms with Crippen LogP contribution in [0.4, 0.5) is 5.69 Å². The third kappa shape index (κ3) is 5.60. The summed E-state index contributed by atoms with van der Waals surface area (Å²) in [6.07, 6.45) is 4.83. The molecule has 5 rings (SSSR count). The number of benzene rings is 3. The van der Waals surface area contributed by atoms with Gasteiger partial charge in [-0.25, -0.2) is 13.4 Å². The minimum absolute atomic E-state index is 0.181. The predicted molar refractivity (Wildman–Crippen MR) is 148 cm³/mol. The Kier molecular flexibility index (Phi) is 6.57. The second-order valence-corrected chi connectivity index (χ2v) is 10.3. The van der Waals surface area contributed by atoms with E-state index in [1.165, 1.54) is 6.20 Å². The summed E-state index contributed by atoms with van der Waals surface area (Å²) in [6, 6.07) is 28.1. The van der Waals surface area contributed by atoms with E-state index in [9.17, 15) is 13.2 Å². The second kappa shape index (κ2) is 10.1. The number of carbonyl (C=O) groups is 1. The van der Waals surface area contributed by atoms with Gasteiger partial charge in [-0.15, -0.1) is 0 Å². The van der Waals surface area contributed by atoms with E-state index in [-0.39, 0.29) is 5.75 Å². The highest BCUT2D eigenvalue weighted by Crippen LogP contribution is 2.26. The third-order valence-corrected chi connectivity index (χ3v) is 7.16. The van der Waals surface area contributed by atoms with Gasteiger partial charge in [0, 0.05) is 22.7 Å². The minimum atomic E-state index is -3.70. The first kappa shape index (κ1) is 24.0. The van der Waals surface area contributed by atoms with Gasteiger partial charge in [0.2, 0.25) is 15.9 Å². The van der Waals surface area contributed by atoms with Gasteiger partial charge in [-0.3, -0.25) is 9.52 Å². The largest absolute Gasteiger partial charge is 0.366 e. The Morgan fingerprint density at radius 1 is 0.919 bits per heavy atom. The lowest BCUT2D eigenvalue weighted by atomic mass is 10.0. The molecule has 8 heteroatoms. The Morgan fingerprint density at radius 2 is 1.57 bits per heavy atom. The Hall–Kier alpha value is -4.69. The van der Waals surface area contributed by atoms with Crippen LogP contribution in [0.5, 0.6) is 0 Å². The molecular formula is C29H24N4O3S. The van der Waals surface area contributed by atoms with Gasteiger partial charge in [-0.1, -0.05) is 84.9 Å². The summed E-state index contributed by atoms with van der Waals surface area (Å²) in [5, 5.41) is 0.655. The molecule has 0 aliphatic carbocycles. The Labute approximate surface area is 214 Å². The van der Waals surface area contributed by atoms with Crippen molar-refractivity contribution in [3.63, 3.8) is 0 Å². The van der Waals surface area contributed by atoms with Crippen LogP contribution in [0.1, 0.15) is 16.7 Å². The van der Waals surface area contributed by atoms with E-state index >= 15 is 0 Å². The molecule has 4 N–H and O–H groups in total. The van der Waals surface area contributed by atoms with Crippen LogP contribution in [0.3, 0.4) is 0 Å². The SMILES string of the molecule is NC(=O)/C(=C/c1c[nH]c2ncc(NS(=O)(=O)Cc3ccc(-c4ccccc4)cc3)cc12)c1ccccc1. The standard InChI is InChI=1S/C29H24N4O3S/c30-28(34)26(23-9-5-2-6-10-23)15-24-17-31-29-27(24)16-25(18-32-29)33-37(35,36)19-20-11-13-22(14-12-20)21-7-3-1-4-8-21/h1-18,33H,19H2,(H2,30,34)(H,31,32)/b26-15+. The fourth-order valence-corrected chi connectivity index (χ4v) is 5.30. The number of nitrogens with two attached hydrogens (primary N) is 1. The molecule has 0 aliphatic rings. The number of anilines is 1. The maximum atomic E-state index is 12.9. The van der Waals surface area contributed by atoms with Crippen LogP contribution < -0.4 is 10.5 Å². The quantitative estimate of drug-likeness (QED) is 0.250. The van der Waals surface area contributed by atoms with Crippen LogP contribution in [-0.4, -0.2) is 24.3 Å². The maximum Gasteiger partial charge on any atom is 0.249 e. The molecule has 0 saturated heterocycles. The zero-order valence-electron chi connectivity index (χ0n) is 19.8. The van der Waals surface area contributed by atoms with E-state index in [0.717, 1.165) is 11.1 Å². The number of amides is 1. The zero-order chi connectivity index (χ0) is 25.8. The number of aromatic amines is 1. The molecular weight excluding hydrogens is 484 g/mol. The van der Waals surface area contributed by atoms with Gasteiger partial charge in [-0.2, -0.15) is 0 Å². The van der Waals surface area contributed by atoms with Gasteiger partial charge in [-0.05, 0) is 34.4 Å². The van der Waals surface area contributed by atoms with Crippen LogP contribution >= 0.6 is 0 Å². The molecule has 2 aromatic heterocycles. The highest BCUT2D eigenvalue weighted by atomic mass is 32.2. The first-order chi connectivity index (χ1) is 17.9. The van der Waals surface area contributed by atoms with Gasteiger partial charge in [0.15, 0.2) is 0 Å². The monoisotopic (exact) mass is 508 g/mol. The van der Waals surface area contributed by atoms with Crippen molar-refractivity contribution in [2.45, 2.75) is 5.75 Å². The van der Waals surface area contributed by atoms with Crippen molar-refractivity contribution >= 4 is 44.3 Å². The van der Waals surface area contributed by atoms with Gasteiger partial charge >= 0.3 is 0 Å². The maximum absolute atomic E-state index is 12.9.